The Labute approximate surface area is 125 Å². The van der Waals surface area contributed by atoms with Gasteiger partial charge >= 0.3 is 0 Å². The van der Waals surface area contributed by atoms with Crippen molar-refractivity contribution in [3.05, 3.63) is 28.8 Å². The topological polar surface area (TPSA) is 30.5 Å². The van der Waals surface area contributed by atoms with Gasteiger partial charge in [-0.25, -0.2) is 0 Å². The lowest BCUT2D eigenvalue weighted by Gasteiger charge is -2.37. The summed E-state index contributed by atoms with van der Waals surface area (Å²) in [5.74, 6) is 1.41. The van der Waals surface area contributed by atoms with Gasteiger partial charge in [-0.1, -0.05) is 24.6 Å². The smallest absolute Gasteiger partial charge is 0.137 e. The first-order chi connectivity index (χ1) is 9.66. The van der Waals surface area contributed by atoms with Gasteiger partial charge in [-0.3, -0.25) is 0 Å². The molecule has 1 aromatic carbocycles. The van der Waals surface area contributed by atoms with Gasteiger partial charge in [-0.2, -0.15) is 0 Å². The highest BCUT2D eigenvalue weighted by Crippen LogP contribution is 2.34. The predicted octanol–water partition coefficient (Wildman–Crippen LogP) is 3.22. The highest BCUT2D eigenvalue weighted by atomic mass is 35.5. The van der Waals surface area contributed by atoms with Gasteiger partial charge in [0.05, 0.1) is 24.8 Å². The van der Waals surface area contributed by atoms with E-state index in [1.807, 2.05) is 6.07 Å². The third-order valence-electron chi connectivity index (χ3n) is 4.24. The number of benzene rings is 1. The molecule has 2 aliphatic rings. The predicted molar refractivity (Wildman–Crippen MR) is 80.7 cm³/mol. The van der Waals surface area contributed by atoms with Crippen molar-refractivity contribution in [2.75, 3.05) is 32.9 Å². The van der Waals surface area contributed by atoms with Crippen LogP contribution in [0.1, 0.15) is 31.2 Å². The third-order valence-corrected chi connectivity index (χ3v) is 4.54. The zero-order chi connectivity index (χ0) is 14.0. The number of nitrogens with one attached hydrogen (secondary N) is 1. The molecule has 0 aromatic heterocycles. The normalized spacial score (nSPS) is 22.3. The molecule has 0 unspecified atom stereocenters. The average Bonchev–Trinajstić information content (AvgIpc) is 2.45. The number of hydrogen-bond acceptors (Lipinski definition) is 3. The van der Waals surface area contributed by atoms with Gasteiger partial charge in [0.15, 0.2) is 0 Å². The Morgan fingerprint density at radius 3 is 2.70 bits per heavy atom. The van der Waals surface area contributed by atoms with Crippen LogP contribution in [-0.4, -0.2) is 32.9 Å². The molecule has 110 valence electrons. The Balaban J connectivity index is 1.64. The second-order valence-electron chi connectivity index (χ2n) is 6.31. The lowest BCUT2D eigenvalue weighted by molar-refractivity contribution is -0.120. The van der Waals surface area contributed by atoms with Gasteiger partial charge in [-0.05, 0) is 49.5 Å². The van der Waals surface area contributed by atoms with E-state index in [2.05, 4.69) is 24.4 Å². The summed E-state index contributed by atoms with van der Waals surface area (Å²) in [5.41, 5.74) is 1.49. The molecule has 1 N–H and O–H groups in total. The fourth-order valence-corrected chi connectivity index (χ4v) is 3.07. The first-order valence-corrected chi connectivity index (χ1v) is 7.75. The highest BCUT2D eigenvalue weighted by Gasteiger charge is 2.34. The van der Waals surface area contributed by atoms with Crippen LogP contribution in [0.5, 0.6) is 5.75 Å². The van der Waals surface area contributed by atoms with Gasteiger partial charge in [0.1, 0.15) is 5.75 Å². The van der Waals surface area contributed by atoms with Crippen LogP contribution in [0.25, 0.3) is 0 Å². The summed E-state index contributed by atoms with van der Waals surface area (Å²) >= 11 is 6.37. The molecule has 0 aliphatic carbocycles. The van der Waals surface area contributed by atoms with Crippen LogP contribution in [0.15, 0.2) is 18.2 Å². The summed E-state index contributed by atoms with van der Waals surface area (Å²) in [4.78, 5) is 0. The average molecular weight is 296 g/mol. The Morgan fingerprint density at radius 2 is 2.10 bits per heavy atom. The van der Waals surface area contributed by atoms with Crippen LogP contribution in [0.2, 0.25) is 5.02 Å². The van der Waals surface area contributed by atoms with Crippen molar-refractivity contribution in [1.29, 1.82) is 0 Å². The Hall–Kier alpha value is -0.770. The first-order valence-electron chi connectivity index (χ1n) is 7.37. The maximum absolute atomic E-state index is 6.37. The number of hydrogen-bond donors (Lipinski definition) is 1. The van der Waals surface area contributed by atoms with E-state index >= 15 is 0 Å². The molecule has 2 saturated heterocycles. The third kappa shape index (κ3) is 3.11. The molecule has 4 heteroatoms. The Morgan fingerprint density at radius 1 is 1.35 bits per heavy atom. The summed E-state index contributed by atoms with van der Waals surface area (Å²) in [5, 5.41) is 4.12. The Bertz CT molecular complexity index is 468. The summed E-state index contributed by atoms with van der Waals surface area (Å²) in [6.45, 7) is 6.58. The molecular weight excluding hydrogens is 274 g/mol. The molecule has 0 bridgehead atoms. The Kier molecular flexibility index (Phi) is 4.20. The second-order valence-corrected chi connectivity index (χ2v) is 6.71. The standard InChI is InChI=1S/C16H22ClNO2/c1-16(9-19-10-16)11-20-15-3-2-13(8-14(15)17)12-4-6-18-7-5-12/h2-3,8,12,18H,4-7,9-11H2,1H3. The minimum Gasteiger partial charge on any atom is -0.491 e. The number of rotatable bonds is 4. The zero-order valence-electron chi connectivity index (χ0n) is 12.0. The SMILES string of the molecule is CC1(COc2ccc(C3CCNCC3)cc2Cl)COC1. The van der Waals surface area contributed by atoms with Crippen LogP contribution in [0.3, 0.4) is 0 Å². The molecule has 0 spiro atoms. The molecule has 0 radical (unpaired) electrons. The molecule has 20 heavy (non-hydrogen) atoms. The lowest BCUT2D eigenvalue weighted by atomic mass is 9.89. The van der Waals surface area contributed by atoms with E-state index in [0.717, 1.165) is 37.1 Å². The van der Waals surface area contributed by atoms with Crippen molar-refractivity contribution in [2.24, 2.45) is 5.41 Å². The maximum atomic E-state index is 6.37. The van der Waals surface area contributed by atoms with E-state index in [9.17, 15) is 0 Å². The fraction of sp³-hybridized carbons (Fsp3) is 0.625. The first kappa shape index (κ1) is 14.2. The van der Waals surface area contributed by atoms with Crippen LogP contribution in [0.4, 0.5) is 0 Å². The minimum absolute atomic E-state index is 0.150. The number of piperidine rings is 1. The van der Waals surface area contributed by atoms with E-state index in [1.165, 1.54) is 18.4 Å². The molecule has 2 heterocycles. The second kappa shape index (κ2) is 5.92. The molecule has 3 rings (SSSR count). The van der Waals surface area contributed by atoms with Gasteiger partial charge in [-0.15, -0.1) is 0 Å². The lowest BCUT2D eigenvalue weighted by Crippen LogP contribution is -2.44. The van der Waals surface area contributed by atoms with E-state index in [-0.39, 0.29) is 5.41 Å². The molecule has 0 amide bonds. The van der Waals surface area contributed by atoms with E-state index in [1.54, 1.807) is 0 Å². The quantitative estimate of drug-likeness (QED) is 0.925. The molecule has 1 aromatic rings. The largest absolute Gasteiger partial charge is 0.491 e. The van der Waals surface area contributed by atoms with Crippen LogP contribution >= 0.6 is 11.6 Å². The monoisotopic (exact) mass is 295 g/mol. The zero-order valence-corrected chi connectivity index (χ0v) is 12.7. The van der Waals surface area contributed by atoms with Crippen molar-refractivity contribution in [3.63, 3.8) is 0 Å². The fourth-order valence-electron chi connectivity index (χ4n) is 2.83. The molecule has 2 aliphatic heterocycles. The summed E-state index contributed by atoms with van der Waals surface area (Å²) < 4.78 is 11.1. The van der Waals surface area contributed by atoms with Crippen LogP contribution < -0.4 is 10.1 Å². The van der Waals surface area contributed by atoms with E-state index in [4.69, 9.17) is 21.1 Å². The van der Waals surface area contributed by atoms with Crippen LogP contribution in [0, 0.1) is 5.41 Å². The van der Waals surface area contributed by atoms with Crippen molar-refractivity contribution in [1.82, 2.24) is 5.32 Å². The van der Waals surface area contributed by atoms with Crippen molar-refractivity contribution in [3.8, 4) is 5.75 Å². The summed E-state index contributed by atoms with van der Waals surface area (Å²) in [7, 11) is 0. The minimum atomic E-state index is 0.150. The number of ether oxygens (including phenoxy) is 2. The van der Waals surface area contributed by atoms with Gasteiger partial charge in [0.25, 0.3) is 0 Å². The highest BCUT2D eigenvalue weighted by molar-refractivity contribution is 6.32. The van der Waals surface area contributed by atoms with Crippen LogP contribution in [-0.2, 0) is 4.74 Å². The van der Waals surface area contributed by atoms with Crippen molar-refractivity contribution >= 4 is 11.6 Å². The van der Waals surface area contributed by atoms with Crippen molar-refractivity contribution in [2.45, 2.75) is 25.7 Å². The van der Waals surface area contributed by atoms with Gasteiger partial charge < -0.3 is 14.8 Å². The van der Waals surface area contributed by atoms with E-state index < -0.39 is 0 Å². The molecule has 0 atom stereocenters. The molecule has 0 saturated carbocycles. The molecule has 3 nitrogen and oxygen atoms in total. The maximum Gasteiger partial charge on any atom is 0.137 e. The van der Waals surface area contributed by atoms with Gasteiger partial charge in [0, 0.05) is 5.41 Å². The van der Waals surface area contributed by atoms with Crippen molar-refractivity contribution < 1.29 is 9.47 Å². The number of halogens is 1. The summed E-state index contributed by atoms with van der Waals surface area (Å²) in [6, 6.07) is 6.26. The molecular formula is C16H22ClNO2. The summed E-state index contributed by atoms with van der Waals surface area (Å²) in [6.07, 6.45) is 2.37. The molecule has 2 fully saturated rings. The van der Waals surface area contributed by atoms with Gasteiger partial charge in [0.2, 0.25) is 0 Å². The van der Waals surface area contributed by atoms with E-state index in [0.29, 0.717) is 12.5 Å².